The molecule has 0 saturated carbocycles. The number of carbonyl (C=O) groups excluding carboxylic acids is 1. The number of piperidine rings is 1. The number of amides is 1. The third-order valence-electron chi connectivity index (χ3n) is 5.23. The molecule has 0 atom stereocenters. The Morgan fingerprint density at radius 3 is 2.45 bits per heavy atom. The van der Waals surface area contributed by atoms with Crippen molar-refractivity contribution in [1.82, 2.24) is 14.6 Å². The molecule has 2 heterocycles. The normalized spacial score (nSPS) is 15.6. The second kappa shape index (κ2) is 7.88. The van der Waals surface area contributed by atoms with Gasteiger partial charge < -0.3 is 14.6 Å². The van der Waals surface area contributed by atoms with Crippen molar-refractivity contribution < 1.29 is 17.9 Å². The Hall–Kier alpha value is -2.84. The van der Waals surface area contributed by atoms with Gasteiger partial charge in [0.1, 0.15) is 11.4 Å². The summed E-state index contributed by atoms with van der Waals surface area (Å²) in [5.74, 6) is 0.547. The van der Waals surface area contributed by atoms with Crippen molar-refractivity contribution in [2.24, 2.45) is 0 Å². The van der Waals surface area contributed by atoms with E-state index in [2.05, 4.69) is 9.71 Å². The highest BCUT2D eigenvalue weighted by atomic mass is 32.2. The highest BCUT2D eigenvalue weighted by Gasteiger charge is 2.27. The molecular weight excluding hydrogens is 390 g/mol. The van der Waals surface area contributed by atoms with Crippen molar-refractivity contribution in [3.05, 3.63) is 60.3 Å². The quantitative estimate of drug-likeness (QED) is 0.673. The Bertz CT molecular complexity index is 1080. The summed E-state index contributed by atoms with van der Waals surface area (Å²) in [6, 6.07) is 15.7. The maximum Gasteiger partial charge on any atom is 0.270 e. The number of para-hydroxylation sites is 1. The summed E-state index contributed by atoms with van der Waals surface area (Å²) in [4.78, 5) is 17.9. The topological polar surface area (TPSA) is 91.5 Å². The third-order valence-corrected chi connectivity index (χ3v) is 6.77. The molecular formula is C21H23N3O4S. The first-order valence-corrected chi connectivity index (χ1v) is 11.0. The number of nitrogens with zero attached hydrogens (tertiary/aromatic N) is 1. The molecule has 0 unspecified atom stereocenters. The number of H-pyrrole nitrogens is 1. The molecule has 1 aliphatic rings. The molecule has 1 amide bonds. The zero-order valence-electron chi connectivity index (χ0n) is 16.1. The molecule has 3 aromatic rings. The van der Waals surface area contributed by atoms with Gasteiger partial charge in [0.05, 0.1) is 12.0 Å². The maximum atomic E-state index is 12.8. The number of likely N-dealkylation sites (tertiary alicyclic amines) is 1. The largest absolute Gasteiger partial charge is 0.497 e. The minimum absolute atomic E-state index is 0.0577. The number of rotatable bonds is 5. The fourth-order valence-corrected chi connectivity index (χ4v) is 4.91. The van der Waals surface area contributed by atoms with Crippen molar-refractivity contribution in [2.75, 3.05) is 20.2 Å². The van der Waals surface area contributed by atoms with Crippen LogP contribution in [0.5, 0.6) is 5.75 Å². The predicted molar refractivity (Wildman–Crippen MR) is 111 cm³/mol. The number of hydrogen-bond donors (Lipinski definition) is 2. The molecule has 1 saturated heterocycles. The van der Waals surface area contributed by atoms with Crippen LogP contribution in [0.3, 0.4) is 0 Å². The van der Waals surface area contributed by atoms with Crippen LogP contribution in [0.1, 0.15) is 23.3 Å². The van der Waals surface area contributed by atoms with Gasteiger partial charge in [-0.2, -0.15) is 0 Å². The van der Waals surface area contributed by atoms with Crippen molar-refractivity contribution in [3.8, 4) is 5.75 Å². The first-order chi connectivity index (χ1) is 14.0. The lowest BCUT2D eigenvalue weighted by Crippen LogP contribution is -2.46. The Balaban J connectivity index is 1.37. The number of aromatic nitrogens is 1. The molecule has 29 heavy (non-hydrogen) atoms. The summed E-state index contributed by atoms with van der Waals surface area (Å²) in [5, 5.41) is 0.998. The summed E-state index contributed by atoms with van der Waals surface area (Å²) in [5.41, 5.74) is 1.49. The van der Waals surface area contributed by atoms with Gasteiger partial charge in [-0.3, -0.25) is 4.79 Å². The standard InChI is InChI=1S/C21H23N3O4S/c1-28-17-6-8-18(9-7-17)29(26,27)23-16-10-12-24(13-11-16)21(25)20-14-15-4-2-3-5-19(15)22-20/h2-9,14,16,22-23H,10-13H2,1H3. The van der Waals surface area contributed by atoms with Gasteiger partial charge in [-0.25, -0.2) is 13.1 Å². The number of benzene rings is 2. The summed E-state index contributed by atoms with van der Waals surface area (Å²) in [7, 11) is -2.07. The van der Waals surface area contributed by atoms with Gasteiger partial charge in [-0.05, 0) is 49.2 Å². The second-order valence-electron chi connectivity index (χ2n) is 7.13. The zero-order chi connectivity index (χ0) is 20.4. The van der Waals surface area contributed by atoms with Crippen LogP contribution in [0.4, 0.5) is 0 Å². The summed E-state index contributed by atoms with van der Waals surface area (Å²) in [6.07, 6.45) is 1.14. The van der Waals surface area contributed by atoms with Crippen LogP contribution in [0, 0.1) is 0 Å². The van der Waals surface area contributed by atoms with E-state index in [4.69, 9.17) is 4.74 Å². The van der Waals surface area contributed by atoms with E-state index >= 15 is 0 Å². The molecule has 152 valence electrons. The summed E-state index contributed by atoms with van der Waals surface area (Å²) >= 11 is 0. The minimum Gasteiger partial charge on any atom is -0.497 e. The lowest BCUT2D eigenvalue weighted by atomic mass is 10.1. The molecule has 1 fully saturated rings. The van der Waals surface area contributed by atoms with Crippen LogP contribution in [0.2, 0.25) is 0 Å². The van der Waals surface area contributed by atoms with E-state index in [0.717, 1.165) is 10.9 Å². The number of nitrogens with one attached hydrogen (secondary N) is 2. The van der Waals surface area contributed by atoms with Crippen LogP contribution in [0.25, 0.3) is 10.9 Å². The SMILES string of the molecule is COc1ccc(S(=O)(=O)NC2CCN(C(=O)c3cc4ccccc4[nH]3)CC2)cc1. The number of fused-ring (bicyclic) bond motifs is 1. The Kier molecular flexibility index (Phi) is 5.29. The second-order valence-corrected chi connectivity index (χ2v) is 8.85. The van der Waals surface area contributed by atoms with Crippen LogP contribution in [-0.2, 0) is 10.0 Å². The number of methoxy groups -OCH3 is 1. The summed E-state index contributed by atoms with van der Waals surface area (Å²) < 4.78 is 33.0. The van der Waals surface area contributed by atoms with E-state index < -0.39 is 10.0 Å². The molecule has 4 rings (SSSR count). The van der Waals surface area contributed by atoms with Gasteiger partial charge in [0.2, 0.25) is 10.0 Å². The lowest BCUT2D eigenvalue weighted by Gasteiger charge is -2.32. The van der Waals surface area contributed by atoms with Crippen LogP contribution >= 0.6 is 0 Å². The van der Waals surface area contributed by atoms with E-state index in [1.54, 1.807) is 17.0 Å². The van der Waals surface area contributed by atoms with Crippen LogP contribution in [0.15, 0.2) is 59.5 Å². The zero-order valence-corrected chi connectivity index (χ0v) is 16.9. The Morgan fingerprint density at radius 2 is 1.79 bits per heavy atom. The number of hydrogen-bond acceptors (Lipinski definition) is 4. The van der Waals surface area contributed by atoms with Gasteiger partial charge in [0, 0.05) is 30.0 Å². The van der Waals surface area contributed by atoms with Crippen LogP contribution < -0.4 is 9.46 Å². The average Bonchev–Trinajstić information content (AvgIpc) is 3.18. The van der Waals surface area contributed by atoms with Crippen molar-refractivity contribution in [1.29, 1.82) is 0 Å². The van der Waals surface area contributed by atoms with Crippen molar-refractivity contribution in [2.45, 2.75) is 23.8 Å². The van der Waals surface area contributed by atoms with Crippen molar-refractivity contribution >= 4 is 26.8 Å². The fourth-order valence-electron chi connectivity index (χ4n) is 3.60. The Labute approximate surface area is 169 Å². The van der Waals surface area contributed by atoms with Gasteiger partial charge in [-0.15, -0.1) is 0 Å². The van der Waals surface area contributed by atoms with Gasteiger partial charge >= 0.3 is 0 Å². The van der Waals surface area contributed by atoms with E-state index in [1.807, 2.05) is 30.3 Å². The molecule has 8 heteroatoms. The smallest absolute Gasteiger partial charge is 0.270 e. The van der Waals surface area contributed by atoms with E-state index in [0.29, 0.717) is 37.4 Å². The molecule has 0 radical (unpaired) electrons. The third kappa shape index (κ3) is 4.13. The van der Waals surface area contributed by atoms with Crippen molar-refractivity contribution in [3.63, 3.8) is 0 Å². The molecule has 1 aromatic heterocycles. The Morgan fingerprint density at radius 1 is 1.10 bits per heavy atom. The van der Waals surface area contributed by atoms with Gasteiger partial charge in [-0.1, -0.05) is 18.2 Å². The lowest BCUT2D eigenvalue weighted by molar-refractivity contribution is 0.0706. The summed E-state index contributed by atoms with van der Waals surface area (Å²) in [6.45, 7) is 1.01. The molecule has 1 aliphatic heterocycles. The fraction of sp³-hybridized carbons (Fsp3) is 0.286. The number of aromatic amines is 1. The highest BCUT2D eigenvalue weighted by Crippen LogP contribution is 2.20. The number of ether oxygens (including phenoxy) is 1. The maximum absolute atomic E-state index is 12.8. The molecule has 0 spiro atoms. The number of sulfonamides is 1. The first-order valence-electron chi connectivity index (χ1n) is 9.50. The van der Waals surface area contributed by atoms with Gasteiger partial charge in [0.15, 0.2) is 0 Å². The van der Waals surface area contributed by atoms with Gasteiger partial charge in [0.25, 0.3) is 5.91 Å². The number of carbonyl (C=O) groups is 1. The monoisotopic (exact) mass is 413 g/mol. The molecule has 2 N–H and O–H groups in total. The minimum atomic E-state index is -3.61. The average molecular weight is 413 g/mol. The molecule has 0 bridgehead atoms. The molecule has 0 aliphatic carbocycles. The highest BCUT2D eigenvalue weighted by molar-refractivity contribution is 7.89. The van der Waals surface area contributed by atoms with Crippen LogP contribution in [-0.4, -0.2) is 50.5 Å². The first kappa shape index (κ1) is 19.5. The van der Waals surface area contributed by atoms with E-state index in [9.17, 15) is 13.2 Å². The van der Waals surface area contributed by atoms with E-state index in [-0.39, 0.29) is 16.8 Å². The molecule has 7 nitrogen and oxygen atoms in total. The van der Waals surface area contributed by atoms with E-state index in [1.165, 1.54) is 19.2 Å². The predicted octanol–water partition coefficient (Wildman–Crippen LogP) is 2.76. The molecule has 2 aromatic carbocycles.